The van der Waals surface area contributed by atoms with Gasteiger partial charge >= 0.3 is 6.09 Å². The smallest absolute Gasteiger partial charge is 0.415 e. The van der Waals surface area contributed by atoms with Gasteiger partial charge in [-0.2, -0.15) is 4.31 Å². The third kappa shape index (κ3) is 3.35. The number of hydrogen-bond donors (Lipinski definition) is 1. The summed E-state index contributed by atoms with van der Waals surface area (Å²) in [6, 6.07) is -0.512. The lowest BCUT2D eigenvalue weighted by atomic mass is 9.94. The van der Waals surface area contributed by atoms with Crippen molar-refractivity contribution in [3.63, 3.8) is 0 Å². The van der Waals surface area contributed by atoms with Gasteiger partial charge in [-0.3, -0.25) is 9.21 Å². The molecule has 0 saturated carbocycles. The summed E-state index contributed by atoms with van der Waals surface area (Å²) >= 11 is 1.33. The Morgan fingerprint density at radius 3 is 2.78 bits per heavy atom. The highest BCUT2D eigenvalue weighted by Crippen LogP contribution is 2.39. The minimum atomic E-state index is -3.69. The van der Waals surface area contributed by atoms with Crippen molar-refractivity contribution in [2.45, 2.75) is 31.8 Å². The van der Waals surface area contributed by atoms with Gasteiger partial charge in [-0.05, 0) is 37.5 Å². The molecule has 0 radical (unpaired) electrons. The van der Waals surface area contributed by atoms with Crippen molar-refractivity contribution >= 4 is 28.3 Å². The molecular formula is C21H24N4O5S2. The molecule has 1 unspecified atom stereocenters. The number of carbonyl (C=O) groups is 1. The molecular weight excluding hydrogens is 452 g/mol. The van der Waals surface area contributed by atoms with E-state index in [1.807, 2.05) is 37.4 Å². The molecule has 1 saturated heterocycles. The van der Waals surface area contributed by atoms with Crippen LogP contribution in [0.15, 0.2) is 70.5 Å². The van der Waals surface area contributed by atoms with Crippen molar-refractivity contribution in [2.24, 2.45) is 0 Å². The van der Waals surface area contributed by atoms with Crippen molar-refractivity contribution in [3.05, 3.63) is 70.5 Å². The first-order valence-electron chi connectivity index (χ1n) is 10.3. The first-order valence-corrected chi connectivity index (χ1v) is 12.6. The fourth-order valence-electron chi connectivity index (χ4n) is 4.64. The first kappa shape index (κ1) is 21.2. The number of nitrogens with one attached hydrogen (secondary N) is 1. The molecule has 0 aromatic heterocycles. The number of fused-ring (bicyclic) bond motifs is 2. The average molecular weight is 477 g/mol. The van der Waals surface area contributed by atoms with Crippen LogP contribution in [0, 0.1) is 0 Å². The van der Waals surface area contributed by atoms with Crippen LogP contribution in [0.2, 0.25) is 0 Å². The molecule has 0 spiro atoms. The monoisotopic (exact) mass is 476 g/mol. The maximum Gasteiger partial charge on any atom is 0.415 e. The molecule has 0 aromatic rings. The molecule has 5 rings (SSSR count). The van der Waals surface area contributed by atoms with Crippen LogP contribution in [0.25, 0.3) is 0 Å². The van der Waals surface area contributed by atoms with Crippen LogP contribution in [0.5, 0.6) is 0 Å². The number of rotatable bonds is 4. The van der Waals surface area contributed by atoms with Gasteiger partial charge in [-0.15, -0.1) is 0 Å². The Balaban J connectivity index is 1.36. The number of amides is 1. The molecule has 9 nitrogen and oxygen atoms in total. The van der Waals surface area contributed by atoms with Gasteiger partial charge in [0, 0.05) is 37.1 Å². The molecule has 0 bridgehead atoms. The second-order valence-electron chi connectivity index (χ2n) is 7.97. The number of sulfonamides is 1. The van der Waals surface area contributed by atoms with E-state index in [-0.39, 0.29) is 12.1 Å². The third-order valence-electron chi connectivity index (χ3n) is 6.20. The maximum absolute atomic E-state index is 13.5. The van der Waals surface area contributed by atoms with Crippen LogP contribution in [-0.4, -0.2) is 60.3 Å². The zero-order chi connectivity index (χ0) is 22.5. The normalized spacial score (nSPS) is 26.1. The number of hydrogen-bond acceptors (Lipinski definition) is 8. The predicted octanol–water partition coefficient (Wildman–Crippen LogP) is 2.70. The Kier molecular flexibility index (Phi) is 5.34. The lowest BCUT2D eigenvalue weighted by molar-refractivity contribution is 0.0634. The average Bonchev–Trinajstić information content (AvgIpc) is 3.27. The number of carbonyl (C=O) groups excluding carboxylic acids is 1. The molecule has 1 N–H and O–H groups in total. The lowest BCUT2D eigenvalue weighted by Crippen LogP contribution is -2.55. The molecule has 1 aliphatic carbocycles. The highest BCUT2D eigenvalue weighted by Gasteiger charge is 2.43. The highest BCUT2D eigenvalue weighted by molar-refractivity contribution is 7.96. The highest BCUT2D eigenvalue weighted by atomic mass is 32.2. The standard InChI is InChI=1S/C21H24N4O5S2/c1-14-6-11-24-17(12-22-31-24)20(14)32(27,28)23-9-7-16(8-10-23)25-19-15(13-30-21(25)26)4-3-5-18(19)29-2/h3-6,11-13,16,19,22H,7-10H2,1-2H3. The summed E-state index contributed by atoms with van der Waals surface area (Å²) in [5.74, 6) is 0.665. The van der Waals surface area contributed by atoms with Gasteiger partial charge < -0.3 is 14.2 Å². The number of cyclic esters (lactones) is 1. The van der Waals surface area contributed by atoms with Gasteiger partial charge in [-0.1, -0.05) is 12.2 Å². The molecule has 170 valence electrons. The summed E-state index contributed by atoms with van der Waals surface area (Å²) in [6.07, 6.45) is 13.0. The predicted molar refractivity (Wildman–Crippen MR) is 120 cm³/mol. The van der Waals surface area contributed by atoms with Gasteiger partial charge in [0.1, 0.15) is 23.0 Å². The van der Waals surface area contributed by atoms with Crippen molar-refractivity contribution in [3.8, 4) is 0 Å². The van der Waals surface area contributed by atoms with Crippen molar-refractivity contribution < 1.29 is 22.7 Å². The summed E-state index contributed by atoms with van der Waals surface area (Å²) in [5.41, 5.74) is 2.18. The van der Waals surface area contributed by atoms with Crippen molar-refractivity contribution in [1.82, 2.24) is 18.2 Å². The number of nitrogens with zero attached hydrogens (tertiary/aromatic N) is 3. The van der Waals surface area contributed by atoms with E-state index in [9.17, 15) is 13.2 Å². The van der Waals surface area contributed by atoms with Crippen molar-refractivity contribution in [1.29, 1.82) is 0 Å². The van der Waals surface area contributed by atoms with Crippen LogP contribution in [0.4, 0.5) is 4.79 Å². The third-order valence-corrected chi connectivity index (χ3v) is 9.03. The Labute approximate surface area is 191 Å². The van der Waals surface area contributed by atoms with E-state index in [2.05, 4.69) is 4.72 Å². The maximum atomic E-state index is 13.5. The molecule has 32 heavy (non-hydrogen) atoms. The summed E-state index contributed by atoms with van der Waals surface area (Å²) in [4.78, 5) is 14.7. The summed E-state index contributed by atoms with van der Waals surface area (Å²) in [6.45, 7) is 2.45. The molecule has 5 aliphatic rings. The quantitative estimate of drug-likeness (QED) is 0.620. The fraction of sp³-hybridized carbons (Fsp3) is 0.381. The molecule has 4 aliphatic heterocycles. The number of ether oxygens (including phenoxy) is 2. The summed E-state index contributed by atoms with van der Waals surface area (Å²) in [5, 5.41) is 0. The second-order valence-corrected chi connectivity index (χ2v) is 10.7. The Morgan fingerprint density at radius 2 is 2.03 bits per heavy atom. The molecule has 0 aromatic carbocycles. The Hall–Kier alpha value is -2.63. The fourth-order valence-corrected chi connectivity index (χ4v) is 7.18. The Bertz CT molecular complexity index is 1130. The van der Waals surface area contributed by atoms with E-state index in [4.69, 9.17) is 9.47 Å². The summed E-state index contributed by atoms with van der Waals surface area (Å²) in [7, 11) is -2.11. The van der Waals surface area contributed by atoms with Gasteiger partial charge in [0.05, 0.1) is 24.9 Å². The topological polar surface area (TPSA) is 91.4 Å². The van der Waals surface area contributed by atoms with Crippen molar-refractivity contribution in [2.75, 3.05) is 20.2 Å². The molecule has 1 amide bonds. The molecule has 11 heteroatoms. The van der Waals surface area contributed by atoms with E-state index >= 15 is 0 Å². The molecule has 1 atom stereocenters. The zero-order valence-electron chi connectivity index (χ0n) is 17.7. The minimum Gasteiger partial charge on any atom is -0.499 e. The zero-order valence-corrected chi connectivity index (χ0v) is 19.4. The van der Waals surface area contributed by atoms with Gasteiger partial charge in [-0.25, -0.2) is 13.2 Å². The van der Waals surface area contributed by atoms with E-state index < -0.39 is 16.1 Å². The van der Waals surface area contributed by atoms with E-state index in [1.165, 1.54) is 22.7 Å². The number of methoxy groups -OCH3 is 1. The van der Waals surface area contributed by atoms with Gasteiger partial charge in [0.15, 0.2) is 0 Å². The largest absolute Gasteiger partial charge is 0.499 e. The van der Waals surface area contributed by atoms with Crippen LogP contribution < -0.4 is 4.72 Å². The van der Waals surface area contributed by atoms with Crippen LogP contribution in [-0.2, 0) is 19.5 Å². The summed E-state index contributed by atoms with van der Waals surface area (Å²) < 4.78 is 44.2. The number of allylic oxidation sites excluding steroid dienone is 4. The SMILES string of the molecule is COC1=CC=CC2=COC(=O)N(C3CCN(S(=O)(=O)C4=C(C)C=CN5SNC=C45)CC3)C21. The van der Waals surface area contributed by atoms with E-state index in [1.54, 1.807) is 22.5 Å². The van der Waals surface area contributed by atoms with Gasteiger partial charge in [0.2, 0.25) is 10.0 Å². The van der Waals surface area contributed by atoms with Crippen LogP contribution in [0.1, 0.15) is 19.8 Å². The minimum absolute atomic E-state index is 0.159. The molecule has 1 fully saturated rings. The molecule has 4 heterocycles. The van der Waals surface area contributed by atoms with Crippen LogP contribution in [0.3, 0.4) is 0 Å². The first-order chi connectivity index (χ1) is 15.4. The second kappa shape index (κ2) is 8.05. The van der Waals surface area contributed by atoms with Gasteiger partial charge in [0.25, 0.3) is 0 Å². The lowest BCUT2D eigenvalue weighted by Gasteiger charge is -2.44. The number of piperidine rings is 1. The Morgan fingerprint density at radius 1 is 1.25 bits per heavy atom. The van der Waals surface area contributed by atoms with E-state index in [0.717, 1.165) is 5.57 Å². The van der Waals surface area contributed by atoms with Crippen LogP contribution >= 0.6 is 12.1 Å². The van der Waals surface area contributed by atoms with E-state index in [0.29, 0.717) is 47.9 Å².